The molecular weight excluding hydrogens is 278 g/mol. The van der Waals surface area contributed by atoms with Crippen LogP contribution >= 0.6 is 0 Å². The Morgan fingerprint density at radius 3 is 2.41 bits per heavy atom. The molecule has 1 heterocycles. The lowest BCUT2D eigenvalue weighted by atomic mass is 10.1. The number of hydrogen-bond acceptors (Lipinski definition) is 3. The lowest BCUT2D eigenvalue weighted by molar-refractivity contribution is -0.00517. The van der Waals surface area contributed by atoms with Gasteiger partial charge < -0.3 is 19.9 Å². The summed E-state index contributed by atoms with van der Waals surface area (Å²) in [6.07, 6.45) is 0.380. The summed E-state index contributed by atoms with van der Waals surface area (Å²) in [5.41, 5.74) is 1.92. The number of urea groups is 1. The zero-order valence-electron chi connectivity index (χ0n) is 14.0. The van der Waals surface area contributed by atoms with Crippen LogP contribution in [0.1, 0.15) is 27.7 Å². The van der Waals surface area contributed by atoms with Crippen molar-refractivity contribution in [3.8, 4) is 0 Å². The second-order valence-corrected chi connectivity index (χ2v) is 5.78. The summed E-state index contributed by atoms with van der Waals surface area (Å²) in [6, 6.07) is 7.93. The SMILES string of the molecule is CCN(CC)C(=O)Nc1ccccc1N1CC(C)OC(C)C1. The average Bonchev–Trinajstić information content (AvgIpc) is 2.48. The Kier molecular flexibility index (Phi) is 5.66. The predicted octanol–water partition coefficient (Wildman–Crippen LogP) is 3.17. The normalized spacial score (nSPS) is 21.5. The highest BCUT2D eigenvalue weighted by Crippen LogP contribution is 2.28. The first-order valence-electron chi connectivity index (χ1n) is 8.10. The van der Waals surface area contributed by atoms with Crippen molar-refractivity contribution in [2.75, 3.05) is 36.4 Å². The molecule has 1 saturated heterocycles. The molecule has 22 heavy (non-hydrogen) atoms. The molecule has 1 fully saturated rings. The van der Waals surface area contributed by atoms with Crippen molar-refractivity contribution in [2.24, 2.45) is 0 Å². The molecule has 0 spiro atoms. The third kappa shape index (κ3) is 3.91. The topological polar surface area (TPSA) is 44.8 Å². The molecule has 2 atom stereocenters. The van der Waals surface area contributed by atoms with Crippen LogP contribution in [-0.2, 0) is 4.74 Å². The van der Waals surface area contributed by atoms with Crippen LogP contribution in [0.5, 0.6) is 0 Å². The smallest absolute Gasteiger partial charge is 0.321 e. The Hall–Kier alpha value is -1.75. The first-order chi connectivity index (χ1) is 10.5. The van der Waals surface area contributed by atoms with Gasteiger partial charge in [0.1, 0.15) is 0 Å². The number of ether oxygens (including phenoxy) is 1. The minimum Gasteiger partial charge on any atom is -0.372 e. The molecule has 2 rings (SSSR count). The fourth-order valence-corrected chi connectivity index (χ4v) is 2.93. The van der Waals surface area contributed by atoms with Crippen LogP contribution in [0.15, 0.2) is 24.3 Å². The number of hydrogen-bond donors (Lipinski definition) is 1. The van der Waals surface area contributed by atoms with E-state index in [-0.39, 0.29) is 18.2 Å². The van der Waals surface area contributed by atoms with Gasteiger partial charge in [0.05, 0.1) is 23.6 Å². The summed E-state index contributed by atoms with van der Waals surface area (Å²) in [5.74, 6) is 0. The number of nitrogens with zero attached hydrogens (tertiary/aromatic N) is 2. The number of nitrogens with one attached hydrogen (secondary N) is 1. The maximum Gasteiger partial charge on any atom is 0.321 e. The number of para-hydroxylation sites is 2. The Morgan fingerprint density at radius 2 is 1.82 bits per heavy atom. The molecule has 0 aliphatic carbocycles. The number of carbonyl (C=O) groups excluding carboxylic acids is 1. The third-order valence-electron chi connectivity index (χ3n) is 3.96. The fraction of sp³-hybridized carbons (Fsp3) is 0.588. The largest absolute Gasteiger partial charge is 0.372 e. The van der Waals surface area contributed by atoms with Gasteiger partial charge in [0.15, 0.2) is 0 Å². The predicted molar refractivity (Wildman–Crippen MR) is 90.6 cm³/mol. The zero-order chi connectivity index (χ0) is 16.1. The highest BCUT2D eigenvalue weighted by Gasteiger charge is 2.24. The highest BCUT2D eigenvalue weighted by molar-refractivity contribution is 5.93. The van der Waals surface area contributed by atoms with Crippen molar-refractivity contribution in [1.29, 1.82) is 0 Å². The van der Waals surface area contributed by atoms with Crippen molar-refractivity contribution < 1.29 is 9.53 Å². The van der Waals surface area contributed by atoms with Crippen molar-refractivity contribution in [3.63, 3.8) is 0 Å². The molecule has 122 valence electrons. The average molecular weight is 305 g/mol. The van der Waals surface area contributed by atoms with Gasteiger partial charge in [-0.25, -0.2) is 4.79 Å². The Bertz CT molecular complexity index is 492. The maximum atomic E-state index is 12.3. The highest BCUT2D eigenvalue weighted by atomic mass is 16.5. The molecule has 1 aliphatic heterocycles. The quantitative estimate of drug-likeness (QED) is 0.929. The van der Waals surface area contributed by atoms with Gasteiger partial charge in [-0.3, -0.25) is 0 Å². The lowest BCUT2D eigenvalue weighted by Gasteiger charge is -2.37. The van der Waals surface area contributed by atoms with Crippen LogP contribution in [-0.4, -0.2) is 49.3 Å². The molecule has 0 radical (unpaired) electrons. The van der Waals surface area contributed by atoms with E-state index in [0.717, 1.165) is 24.5 Å². The van der Waals surface area contributed by atoms with Crippen molar-refractivity contribution >= 4 is 17.4 Å². The number of rotatable bonds is 4. The van der Waals surface area contributed by atoms with E-state index in [4.69, 9.17) is 4.74 Å². The summed E-state index contributed by atoms with van der Waals surface area (Å²) in [7, 11) is 0. The van der Waals surface area contributed by atoms with E-state index in [2.05, 4.69) is 30.1 Å². The van der Waals surface area contributed by atoms with Crippen molar-refractivity contribution in [1.82, 2.24) is 4.90 Å². The van der Waals surface area contributed by atoms with Gasteiger partial charge in [-0.1, -0.05) is 12.1 Å². The maximum absolute atomic E-state index is 12.3. The van der Waals surface area contributed by atoms with Crippen LogP contribution in [0, 0.1) is 0 Å². The van der Waals surface area contributed by atoms with E-state index in [1.54, 1.807) is 4.90 Å². The van der Waals surface area contributed by atoms with Crippen LogP contribution in [0.2, 0.25) is 0 Å². The van der Waals surface area contributed by atoms with E-state index < -0.39 is 0 Å². The first-order valence-corrected chi connectivity index (χ1v) is 8.10. The van der Waals surface area contributed by atoms with Crippen LogP contribution < -0.4 is 10.2 Å². The molecule has 1 N–H and O–H groups in total. The lowest BCUT2D eigenvalue weighted by Crippen LogP contribution is -2.46. The Labute approximate surface area is 133 Å². The first kappa shape index (κ1) is 16.6. The van der Waals surface area contributed by atoms with Gasteiger partial charge in [0.25, 0.3) is 0 Å². The summed E-state index contributed by atoms with van der Waals surface area (Å²) in [4.78, 5) is 16.4. The molecule has 2 amide bonds. The molecule has 0 saturated carbocycles. The monoisotopic (exact) mass is 305 g/mol. The van der Waals surface area contributed by atoms with E-state index in [0.29, 0.717) is 13.1 Å². The molecule has 0 bridgehead atoms. The van der Waals surface area contributed by atoms with Gasteiger partial charge >= 0.3 is 6.03 Å². The Balaban J connectivity index is 2.18. The van der Waals surface area contributed by atoms with E-state index in [1.165, 1.54) is 0 Å². The number of anilines is 2. The number of benzene rings is 1. The van der Waals surface area contributed by atoms with Gasteiger partial charge in [-0.05, 0) is 39.8 Å². The molecular formula is C17H27N3O2. The molecule has 1 aromatic rings. The fourth-order valence-electron chi connectivity index (χ4n) is 2.93. The molecule has 1 aromatic carbocycles. The molecule has 5 heteroatoms. The van der Waals surface area contributed by atoms with Gasteiger partial charge in [0.2, 0.25) is 0 Å². The summed E-state index contributed by atoms with van der Waals surface area (Å²) >= 11 is 0. The number of morpholine rings is 1. The number of carbonyl (C=O) groups is 1. The summed E-state index contributed by atoms with van der Waals surface area (Å²) < 4.78 is 5.79. The molecule has 0 aromatic heterocycles. The minimum absolute atomic E-state index is 0.0493. The molecule has 2 unspecified atom stereocenters. The standard InChI is InChI=1S/C17H27N3O2/c1-5-19(6-2)17(21)18-15-9-7-8-10-16(15)20-11-13(3)22-14(4)12-20/h7-10,13-14H,5-6,11-12H2,1-4H3,(H,18,21). The van der Waals surface area contributed by atoms with Crippen LogP contribution in [0.25, 0.3) is 0 Å². The Morgan fingerprint density at radius 1 is 1.23 bits per heavy atom. The van der Waals surface area contributed by atoms with Gasteiger partial charge in [-0.15, -0.1) is 0 Å². The molecule has 1 aliphatic rings. The van der Waals surface area contributed by atoms with Crippen LogP contribution in [0.3, 0.4) is 0 Å². The third-order valence-corrected chi connectivity index (χ3v) is 3.96. The van der Waals surface area contributed by atoms with Crippen molar-refractivity contribution in [2.45, 2.75) is 39.9 Å². The second kappa shape index (κ2) is 7.49. The van der Waals surface area contributed by atoms with E-state index in [9.17, 15) is 4.79 Å². The van der Waals surface area contributed by atoms with Gasteiger partial charge in [-0.2, -0.15) is 0 Å². The summed E-state index contributed by atoms with van der Waals surface area (Å²) in [5, 5.41) is 3.04. The minimum atomic E-state index is -0.0493. The van der Waals surface area contributed by atoms with Crippen LogP contribution in [0.4, 0.5) is 16.2 Å². The zero-order valence-corrected chi connectivity index (χ0v) is 14.0. The number of amides is 2. The summed E-state index contributed by atoms with van der Waals surface area (Å²) in [6.45, 7) is 11.2. The van der Waals surface area contributed by atoms with Gasteiger partial charge in [0, 0.05) is 26.2 Å². The van der Waals surface area contributed by atoms with E-state index >= 15 is 0 Å². The van der Waals surface area contributed by atoms with Crippen molar-refractivity contribution in [3.05, 3.63) is 24.3 Å². The van der Waals surface area contributed by atoms with E-state index in [1.807, 2.05) is 32.0 Å². The molecule has 5 nitrogen and oxygen atoms in total. The second-order valence-electron chi connectivity index (χ2n) is 5.78.